The molecule has 0 amide bonds. The van der Waals surface area contributed by atoms with Crippen molar-refractivity contribution in [1.29, 1.82) is 5.26 Å². The maximum Gasteiger partial charge on any atom is 0.179 e. The van der Waals surface area contributed by atoms with Gasteiger partial charge in [0.05, 0.1) is 26.8 Å². The summed E-state index contributed by atoms with van der Waals surface area (Å²) >= 11 is 6.16. The summed E-state index contributed by atoms with van der Waals surface area (Å²) < 4.78 is 23.7. The molecule has 0 N–H and O–H groups in total. The molecule has 1 aromatic carbocycles. The van der Waals surface area contributed by atoms with Gasteiger partial charge in [-0.1, -0.05) is 11.6 Å². The van der Waals surface area contributed by atoms with Gasteiger partial charge in [0, 0.05) is 11.6 Å². The highest BCUT2D eigenvalue weighted by Gasteiger charge is 2.29. The molecule has 18 heavy (non-hydrogen) atoms. The summed E-state index contributed by atoms with van der Waals surface area (Å²) in [5.74, 6) is 0.0918. The van der Waals surface area contributed by atoms with E-state index in [0.717, 1.165) is 0 Å². The minimum absolute atomic E-state index is 0.0918. The van der Waals surface area contributed by atoms with Gasteiger partial charge >= 0.3 is 0 Å². The van der Waals surface area contributed by atoms with Crippen molar-refractivity contribution in [2.75, 3.05) is 5.75 Å². The molecule has 0 atom stereocenters. The first-order chi connectivity index (χ1) is 8.54. The van der Waals surface area contributed by atoms with Crippen LogP contribution in [0.15, 0.2) is 23.2 Å². The zero-order valence-corrected chi connectivity index (χ0v) is 10.7. The van der Waals surface area contributed by atoms with E-state index in [1.54, 1.807) is 12.1 Å². The number of aromatic nitrogens is 1. The molecule has 0 bridgehead atoms. The van der Waals surface area contributed by atoms with Crippen LogP contribution in [0, 0.1) is 11.3 Å². The normalized spacial score (nSPS) is 16.4. The summed E-state index contributed by atoms with van der Waals surface area (Å²) in [4.78, 5) is 4.45. The fourth-order valence-electron chi connectivity index (χ4n) is 2.26. The van der Waals surface area contributed by atoms with Crippen molar-refractivity contribution in [2.24, 2.45) is 0 Å². The molecule has 0 saturated heterocycles. The van der Waals surface area contributed by atoms with E-state index in [0.29, 0.717) is 27.8 Å². The molecule has 6 heteroatoms. The number of halogens is 1. The van der Waals surface area contributed by atoms with Crippen LogP contribution in [0.5, 0.6) is 0 Å². The minimum atomic E-state index is -3.20. The molecular formula is C12H7ClN2O2S. The van der Waals surface area contributed by atoms with Crippen LogP contribution in [0.2, 0.25) is 5.02 Å². The number of pyridine rings is 1. The predicted molar refractivity (Wildman–Crippen MR) is 67.2 cm³/mol. The SMILES string of the molecule is N#Cc1cnc2ccc3c(c2c1Cl)CCS3(=O)=O. The summed E-state index contributed by atoms with van der Waals surface area (Å²) in [6.45, 7) is 0. The summed E-state index contributed by atoms with van der Waals surface area (Å²) in [7, 11) is -3.20. The maximum atomic E-state index is 11.8. The molecule has 0 aliphatic carbocycles. The van der Waals surface area contributed by atoms with Crippen molar-refractivity contribution in [3.05, 3.63) is 34.5 Å². The van der Waals surface area contributed by atoms with Gasteiger partial charge in [0.1, 0.15) is 6.07 Å². The Labute approximate surface area is 109 Å². The molecule has 2 aromatic rings. The van der Waals surface area contributed by atoms with Crippen molar-refractivity contribution in [3.63, 3.8) is 0 Å². The Morgan fingerprint density at radius 2 is 2.17 bits per heavy atom. The van der Waals surface area contributed by atoms with Crippen LogP contribution in [-0.4, -0.2) is 19.2 Å². The molecule has 0 radical (unpaired) electrons. The van der Waals surface area contributed by atoms with Gasteiger partial charge in [0.25, 0.3) is 0 Å². The van der Waals surface area contributed by atoms with Crippen LogP contribution < -0.4 is 0 Å². The van der Waals surface area contributed by atoms with E-state index < -0.39 is 9.84 Å². The Morgan fingerprint density at radius 1 is 1.39 bits per heavy atom. The molecule has 2 heterocycles. The number of fused-ring (bicyclic) bond motifs is 3. The molecule has 0 unspecified atom stereocenters. The summed E-state index contributed by atoms with van der Waals surface area (Å²) in [5, 5.41) is 9.82. The second-order valence-electron chi connectivity index (χ2n) is 4.10. The zero-order valence-electron chi connectivity index (χ0n) is 9.14. The van der Waals surface area contributed by atoms with Gasteiger partial charge in [-0.2, -0.15) is 5.26 Å². The minimum Gasteiger partial charge on any atom is -0.255 e. The van der Waals surface area contributed by atoms with Crippen LogP contribution in [-0.2, 0) is 16.3 Å². The van der Waals surface area contributed by atoms with Crippen LogP contribution in [0.25, 0.3) is 10.9 Å². The van der Waals surface area contributed by atoms with Crippen molar-refractivity contribution in [3.8, 4) is 6.07 Å². The largest absolute Gasteiger partial charge is 0.255 e. The lowest BCUT2D eigenvalue weighted by Gasteiger charge is -2.06. The van der Waals surface area contributed by atoms with E-state index >= 15 is 0 Å². The summed E-state index contributed by atoms with van der Waals surface area (Å²) in [6.07, 6.45) is 1.83. The van der Waals surface area contributed by atoms with E-state index in [1.165, 1.54) is 6.20 Å². The number of nitriles is 1. The van der Waals surface area contributed by atoms with Gasteiger partial charge in [0.15, 0.2) is 9.84 Å². The summed E-state index contributed by atoms with van der Waals surface area (Å²) in [5.41, 5.74) is 1.57. The zero-order chi connectivity index (χ0) is 12.9. The molecule has 0 saturated carbocycles. The predicted octanol–water partition coefficient (Wildman–Crippen LogP) is 2.09. The Bertz CT molecular complexity index is 822. The average Bonchev–Trinajstić information content (AvgIpc) is 2.66. The van der Waals surface area contributed by atoms with Gasteiger partial charge in [-0.05, 0) is 24.1 Å². The molecule has 3 rings (SSSR count). The van der Waals surface area contributed by atoms with Crippen LogP contribution in [0.1, 0.15) is 11.1 Å². The lowest BCUT2D eigenvalue weighted by Crippen LogP contribution is -1.98. The van der Waals surface area contributed by atoms with E-state index in [9.17, 15) is 8.42 Å². The van der Waals surface area contributed by atoms with Crippen molar-refractivity contribution in [1.82, 2.24) is 4.98 Å². The maximum absolute atomic E-state index is 11.8. The number of nitrogens with zero attached hydrogens (tertiary/aromatic N) is 2. The molecule has 1 aromatic heterocycles. The Kier molecular flexibility index (Phi) is 2.34. The molecule has 0 spiro atoms. The van der Waals surface area contributed by atoms with E-state index in [1.807, 2.05) is 6.07 Å². The quantitative estimate of drug-likeness (QED) is 0.740. The van der Waals surface area contributed by atoms with E-state index in [4.69, 9.17) is 16.9 Å². The van der Waals surface area contributed by atoms with Crippen LogP contribution in [0.4, 0.5) is 0 Å². The first-order valence-electron chi connectivity index (χ1n) is 5.27. The van der Waals surface area contributed by atoms with Gasteiger partial charge in [0.2, 0.25) is 0 Å². The molecule has 0 fully saturated rings. The second kappa shape index (κ2) is 3.67. The fraction of sp³-hybridized carbons (Fsp3) is 0.167. The highest BCUT2D eigenvalue weighted by Crippen LogP contribution is 2.36. The number of sulfone groups is 1. The number of rotatable bonds is 0. The molecule has 1 aliphatic rings. The average molecular weight is 279 g/mol. The van der Waals surface area contributed by atoms with Gasteiger partial charge in [-0.25, -0.2) is 8.42 Å². The standard InChI is InChI=1S/C12H7ClN2O2S/c13-12-7(5-14)6-15-9-1-2-10-8(11(9)12)3-4-18(10,16)17/h1-2,6H,3-4H2. The van der Waals surface area contributed by atoms with Gasteiger partial charge in [-0.3, -0.25) is 4.98 Å². The molecule has 1 aliphatic heterocycles. The van der Waals surface area contributed by atoms with E-state index in [2.05, 4.69) is 4.98 Å². The molecule has 90 valence electrons. The molecular weight excluding hydrogens is 272 g/mol. The third-order valence-corrected chi connectivity index (χ3v) is 5.30. The Balaban J connectivity index is 2.51. The molecule has 4 nitrogen and oxygen atoms in total. The highest BCUT2D eigenvalue weighted by atomic mass is 35.5. The van der Waals surface area contributed by atoms with Gasteiger partial charge in [-0.15, -0.1) is 0 Å². The smallest absolute Gasteiger partial charge is 0.179 e. The van der Waals surface area contributed by atoms with E-state index in [-0.39, 0.29) is 16.3 Å². The second-order valence-corrected chi connectivity index (χ2v) is 6.56. The fourth-order valence-corrected chi connectivity index (χ4v) is 4.11. The van der Waals surface area contributed by atoms with Gasteiger partial charge < -0.3 is 0 Å². The van der Waals surface area contributed by atoms with Crippen molar-refractivity contribution < 1.29 is 8.42 Å². The third-order valence-electron chi connectivity index (χ3n) is 3.11. The van der Waals surface area contributed by atoms with Crippen molar-refractivity contribution in [2.45, 2.75) is 11.3 Å². The number of benzene rings is 1. The van der Waals surface area contributed by atoms with Crippen LogP contribution in [0.3, 0.4) is 0 Å². The first-order valence-corrected chi connectivity index (χ1v) is 7.30. The summed E-state index contributed by atoms with van der Waals surface area (Å²) in [6, 6.07) is 5.15. The van der Waals surface area contributed by atoms with Crippen molar-refractivity contribution >= 4 is 32.3 Å². The Morgan fingerprint density at radius 3 is 2.89 bits per heavy atom. The first kappa shape index (κ1) is 11.5. The highest BCUT2D eigenvalue weighted by molar-refractivity contribution is 7.91. The number of aryl methyl sites for hydroxylation is 1. The monoisotopic (exact) mass is 278 g/mol. The number of hydrogen-bond donors (Lipinski definition) is 0. The Hall–Kier alpha value is -1.64. The number of hydrogen-bond acceptors (Lipinski definition) is 4. The van der Waals surface area contributed by atoms with Crippen LogP contribution >= 0.6 is 11.6 Å². The lowest BCUT2D eigenvalue weighted by atomic mass is 10.0. The topological polar surface area (TPSA) is 70.8 Å². The lowest BCUT2D eigenvalue weighted by molar-refractivity contribution is 0.600. The third kappa shape index (κ3) is 1.43.